The molecule has 3 N–H and O–H groups in total. The third kappa shape index (κ3) is 7.80. The third-order valence-corrected chi connectivity index (χ3v) is 9.16. The lowest BCUT2D eigenvalue weighted by molar-refractivity contribution is 0.0898. The summed E-state index contributed by atoms with van der Waals surface area (Å²) in [6, 6.07) is 4.92. The molecule has 0 amide bonds. The van der Waals surface area contributed by atoms with Crippen LogP contribution in [0.1, 0.15) is 31.7 Å². The number of anilines is 1. The Hall–Kier alpha value is -2.64. The van der Waals surface area contributed by atoms with Crippen LogP contribution < -0.4 is 15.4 Å². The van der Waals surface area contributed by atoms with Crippen LogP contribution in [-0.4, -0.2) is 60.8 Å². The van der Waals surface area contributed by atoms with E-state index in [0.29, 0.717) is 56.3 Å². The fourth-order valence-corrected chi connectivity index (χ4v) is 5.58. The number of nitrogens with zero attached hydrogens (tertiary/aromatic N) is 2. The summed E-state index contributed by atoms with van der Waals surface area (Å²) in [5.74, 6) is -1.85. The standard InChI is InChI=1S/C29H40F2N4O4SSi/c1-19(2)21-14-35(18-38-10-11-41(3,4)5)27-25(21)24(6-8-32-27)39-26-22(30)12-20(13-23(26)31)34-28(40)33-15-29(16-36)7-9-37-17-29/h6,8,12-14,19,36H,7,9-11,15-18H2,1-5H3,(H2,33,34,40)/q-1. The number of aliphatic hydroxyl groups is 1. The van der Waals surface area contributed by atoms with E-state index in [-0.39, 0.29) is 23.3 Å². The maximum absolute atomic E-state index is 15.2. The van der Waals surface area contributed by atoms with Crippen molar-refractivity contribution < 1.29 is 28.1 Å². The van der Waals surface area contributed by atoms with Crippen LogP contribution in [0.2, 0.25) is 25.7 Å². The number of hydrogen-bond donors (Lipinski definition) is 3. The minimum atomic E-state index is -1.22. The van der Waals surface area contributed by atoms with Gasteiger partial charge >= 0.3 is 0 Å². The molecule has 8 nitrogen and oxygen atoms in total. The normalized spacial score (nSPS) is 17.4. The molecule has 1 atom stereocenters. The molecule has 4 rings (SSSR count). The van der Waals surface area contributed by atoms with Crippen molar-refractivity contribution in [3.63, 3.8) is 0 Å². The minimum absolute atomic E-state index is 0.0479. The third-order valence-electron chi connectivity index (χ3n) is 7.21. The maximum Gasteiger partial charge on any atom is 0.198 e. The summed E-state index contributed by atoms with van der Waals surface area (Å²) >= 11 is 5.30. The molecule has 1 aliphatic rings. The molecular formula is C29H40F2N4O4SSi-. The summed E-state index contributed by atoms with van der Waals surface area (Å²) in [5, 5.41) is 16.4. The van der Waals surface area contributed by atoms with Crippen molar-refractivity contribution in [2.45, 2.75) is 58.6 Å². The van der Waals surface area contributed by atoms with E-state index < -0.39 is 30.9 Å². The average molecular weight is 607 g/mol. The molecular weight excluding hydrogens is 566 g/mol. The van der Waals surface area contributed by atoms with E-state index in [2.05, 4.69) is 35.3 Å². The van der Waals surface area contributed by atoms with Crippen molar-refractivity contribution >= 4 is 42.1 Å². The molecule has 0 saturated carbocycles. The van der Waals surface area contributed by atoms with Crippen LogP contribution in [0.25, 0.3) is 11.0 Å². The highest BCUT2D eigenvalue weighted by atomic mass is 32.1. The van der Waals surface area contributed by atoms with Gasteiger partial charge in [-0.25, -0.2) is 13.8 Å². The van der Waals surface area contributed by atoms with Gasteiger partial charge in [-0.15, -0.1) is 14.1 Å². The Morgan fingerprint density at radius 2 is 2.00 bits per heavy atom. The van der Waals surface area contributed by atoms with Crippen molar-refractivity contribution in [3.8, 4) is 11.5 Å². The van der Waals surface area contributed by atoms with Crippen molar-refractivity contribution in [1.29, 1.82) is 0 Å². The molecule has 0 radical (unpaired) electrons. The summed E-state index contributed by atoms with van der Waals surface area (Å²) in [4.78, 5) is 4.53. The number of pyridine rings is 1. The number of aromatic nitrogens is 2. The van der Waals surface area contributed by atoms with Crippen LogP contribution in [0.3, 0.4) is 0 Å². The van der Waals surface area contributed by atoms with Crippen molar-refractivity contribution in [3.05, 3.63) is 47.8 Å². The maximum atomic E-state index is 15.2. The van der Waals surface area contributed by atoms with Crippen LogP contribution in [0, 0.1) is 17.0 Å². The molecule has 1 fully saturated rings. The molecule has 1 saturated heterocycles. The second kappa shape index (κ2) is 13.1. The monoisotopic (exact) mass is 606 g/mol. The van der Waals surface area contributed by atoms with Gasteiger partial charge in [0.25, 0.3) is 0 Å². The molecule has 0 bridgehead atoms. The van der Waals surface area contributed by atoms with Crippen LogP contribution >= 0.6 is 12.2 Å². The number of rotatable bonds is 12. The van der Waals surface area contributed by atoms with Crippen LogP contribution in [-0.2, 0) is 16.2 Å². The van der Waals surface area contributed by atoms with Gasteiger partial charge in [-0.3, -0.25) is 0 Å². The zero-order valence-electron chi connectivity index (χ0n) is 24.4. The molecule has 2 aromatic heterocycles. The quantitative estimate of drug-likeness (QED) is 0.127. The molecule has 1 aromatic carbocycles. The number of halogens is 2. The largest absolute Gasteiger partial charge is 0.450 e. The topological polar surface area (TPSA) is 89.8 Å². The van der Waals surface area contributed by atoms with E-state index >= 15 is 8.78 Å². The Morgan fingerprint density at radius 3 is 2.61 bits per heavy atom. The van der Waals surface area contributed by atoms with Gasteiger partial charge in [0.2, 0.25) is 0 Å². The first-order chi connectivity index (χ1) is 19.4. The first-order valence-corrected chi connectivity index (χ1v) is 18.0. The first-order valence-electron chi connectivity index (χ1n) is 13.9. The number of ether oxygens (including phenoxy) is 3. The molecule has 225 valence electrons. The minimum Gasteiger partial charge on any atom is -0.450 e. The van der Waals surface area contributed by atoms with Gasteiger partial charge in [0.15, 0.2) is 22.5 Å². The van der Waals surface area contributed by atoms with Gasteiger partial charge in [-0.1, -0.05) is 13.8 Å². The number of thiocarbonyl (C=S) groups is 1. The fraction of sp³-hybridized carbons (Fsp3) is 0.517. The highest BCUT2D eigenvalue weighted by Crippen LogP contribution is 2.38. The second-order valence-electron chi connectivity index (χ2n) is 12.2. The number of fused-ring (bicyclic) bond motifs is 1. The second-order valence-corrected chi connectivity index (χ2v) is 18.2. The molecule has 41 heavy (non-hydrogen) atoms. The van der Waals surface area contributed by atoms with Crippen molar-refractivity contribution in [2.24, 2.45) is 5.41 Å². The summed E-state index contributed by atoms with van der Waals surface area (Å²) in [6.07, 6.45) is 4.23. The summed E-state index contributed by atoms with van der Waals surface area (Å²) in [5.41, 5.74) is 1.28. The fourth-order valence-electron chi connectivity index (χ4n) is 4.63. The molecule has 1 aliphatic heterocycles. The highest BCUT2D eigenvalue weighted by Gasteiger charge is 2.34. The summed E-state index contributed by atoms with van der Waals surface area (Å²) in [6.45, 7) is 13.3. The van der Waals surface area contributed by atoms with E-state index in [0.717, 1.165) is 23.7 Å². The molecule has 3 aromatic rings. The zero-order valence-corrected chi connectivity index (χ0v) is 26.2. The molecule has 1 unspecified atom stereocenters. The van der Waals surface area contributed by atoms with Crippen molar-refractivity contribution in [1.82, 2.24) is 14.9 Å². The number of nitrogens with one attached hydrogen (secondary N) is 2. The van der Waals surface area contributed by atoms with E-state index in [1.54, 1.807) is 12.3 Å². The van der Waals surface area contributed by atoms with E-state index in [9.17, 15) is 5.11 Å². The molecule has 3 heterocycles. The lowest BCUT2D eigenvalue weighted by Crippen LogP contribution is -2.42. The van der Waals surface area contributed by atoms with Gasteiger partial charge in [-0.05, 0) is 36.2 Å². The highest BCUT2D eigenvalue weighted by molar-refractivity contribution is 7.80. The lowest BCUT2D eigenvalue weighted by atomic mass is 9.88. The van der Waals surface area contributed by atoms with E-state index in [1.807, 2.05) is 24.6 Å². The smallest absolute Gasteiger partial charge is 0.198 e. The molecule has 0 spiro atoms. The number of hydrogen-bond acceptors (Lipinski definition) is 6. The van der Waals surface area contributed by atoms with Crippen LogP contribution in [0.15, 0.2) is 30.6 Å². The predicted octanol–water partition coefficient (Wildman–Crippen LogP) is 6.23. The van der Waals surface area contributed by atoms with Crippen molar-refractivity contribution in [2.75, 3.05) is 38.3 Å². The van der Waals surface area contributed by atoms with Gasteiger partial charge < -0.3 is 34.5 Å². The Labute approximate surface area is 246 Å². The Morgan fingerprint density at radius 1 is 1.27 bits per heavy atom. The van der Waals surface area contributed by atoms with Crippen LogP contribution in [0.5, 0.6) is 11.5 Å². The van der Waals surface area contributed by atoms with Gasteiger partial charge in [0.05, 0.1) is 18.6 Å². The van der Waals surface area contributed by atoms with Gasteiger partial charge in [0, 0.05) is 55.4 Å². The Kier molecular flexibility index (Phi) is 10.0. The van der Waals surface area contributed by atoms with Crippen LogP contribution in [0.4, 0.5) is 14.5 Å². The molecule has 0 aliphatic carbocycles. The Balaban J connectivity index is 1.50. The summed E-state index contributed by atoms with van der Waals surface area (Å²) < 4.78 is 49.5. The Bertz CT molecular complexity index is 1350. The van der Waals surface area contributed by atoms with Gasteiger partial charge in [0.1, 0.15) is 18.1 Å². The predicted molar refractivity (Wildman–Crippen MR) is 164 cm³/mol. The van der Waals surface area contributed by atoms with Gasteiger partial charge in [-0.2, -0.15) is 19.6 Å². The molecule has 12 heteroatoms. The SMILES string of the molecule is CC(C)c1cn(COCC[Si-](C)(C)C)c2nccc(Oc3c(F)cc(NC(=S)NCC4(CO)CCOC4)cc3F)c12. The number of aliphatic hydroxyl groups excluding tert-OH is 1. The van der Waals surface area contributed by atoms with E-state index in [1.165, 1.54) is 0 Å². The zero-order chi connectivity index (χ0) is 29.8. The number of benzene rings is 1. The van der Waals surface area contributed by atoms with E-state index in [4.69, 9.17) is 26.4 Å². The average Bonchev–Trinajstić information content (AvgIpc) is 3.53. The summed E-state index contributed by atoms with van der Waals surface area (Å²) in [7, 11) is -1.22. The first kappa shape index (κ1) is 31.3. The lowest BCUT2D eigenvalue weighted by Gasteiger charge is -2.26.